The van der Waals surface area contributed by atoms with Gasteiger partial charge in [-0.3, -0.25) is 4.79 Å². The van der Waals surface area contributed by atoms with Crippen LogP contribution in [0.3, 0.4) is 0 Å². The van der Waals surface area contributed by atoms with Crippen molar-refractivity contribution >= 4 is 21.8 Å². The number of carbonyl (C=O) groups excluding carboxylic acids is 1. The standard InChI is InChI=1S/C11H15BrN2O2/c1-14(7-9-2-3-10(12)16-9)11(15)8-4-5-13-6-8/h2-3,8,13H,4-7H2,1H3. The molecule has 0 radical (unpaired) electrons. The van der Waals surface area contributed by atoms with Crippen molar-refractivity contribution in [1.29, 1.82) is 0 Å². The highest BCUT2D eigenvalue weighted by Crippen LogP contribution is 2.17. The number of furan rings is 1. The molecule has 0 bridgehead atoms. The Morgan fingerprint density at radius 3 is 3.06 bits per heavy atom. The minimum absolute atomic E-state index is 0.128. The largest absolute Gasteiger partial charge is 0.452 e. The summed E-state index contributed by atoms with van der Waals surface area (Å²) >= 11 is 3.25. The molecule has 1 aliphatic heterocycles. The van der Waals surface area contributed by atoms with Crippen molar-refractivity contribution in [3.05, 3.63) is 22.6 Å². The smallest absolute Gasteiger partial charge is 0.227 e. The number of hydrogen-bond donors (Lipinski definition) is 1. The summed E-state index contributed by atoms with van der Waals surface area (Å²) < 4.78 is 6.07. The molecule has 4 nitrogen and oxygen atoms in total. The van der Waals surface area contributed by atoms with Gasteiger partial charge in [-0.2, -0.15) is 0 Å². The van der Waals surface area contributed by atoms with Gasteiger partial charge in [0.25, 0.3) is 0 Å². The van der Waals surface area contributed by atoms with Crippen LogP contribution >= 0.6 is 15.9 Å². The highest BCUT2D eigenvalue weighted by Gasteiger charge is 2.25. The lowest BCUT2D eigenvalue weighted by Crippen LogP contribution is -2.33. The Bertz CT molecular complexity index is 372. The van der Waals surface area contributed by atoms with E-state index in [1.54, 1.807) is 4.90 Å². The average Bonchev–Trinajstić information content (AvgIpc) is 2.88. The molecule has 1 aromatic heterocycles. The van der Waals surface area contributed by atoms with Gasteiger partial charge < -0.3 is 14.6 Å². The van der Waals surface area contributed by atoms with E-state index >= 15 is 0 Å². The van der Waals surface area contributed by atoms with Crippen molar-refractivity contribution in [3.8, 4) is 0 Å². The number of hydrogen-bond acceptors (Lipinski definition) is 3. The Morgan fingerprint density at radius 1 is 1.69 bits per heavy atom. The predicted octanol–water partition coefficient (Wildman–Crippen LogP) is 1.61. The summed E-state index contributed by atoms with van der Waals surface area (Å²) in [6, 6.07) is 3.71. The fourth-order valence-electron chi connectivity index (χ4n) is 1.93. The molecule has 16 heavy (non-hydrogen) atoms. The number of carbonyl (C=O) groups is 1. The van der Waals surface area contributed by atoms with Gasteiger partial charge in [-0.1, -0.05) is 0 Å². The summed E-state index contributed by atoms with van der Waals surface area (Å²) in [6.45, 7) is 2.27. The number of halogens is 1. The average molecular weight is 287 g/mol. The van der Waals surface area contributed by atoms with Gasteiger partial charge in [-0.15, -0.1) is 0 Å². The van der Waals surface area contributed by atoms with E-state index in [2.05, 4.69) is 21.2 Å². The molecular weight excluding hydrogens is 272 g/mol. The van der Waals surface area contributed by atoms with Crippen LogP contribution in [0.1, 0.15) is 12.2 Å². The number of nitrogens with one attached hydrogen (secondary N) is 1. The molecule has 2 heterocycles. The molecule has 1 saturated heterocycles. The maximum absolute atomic E-state index is 12.0. The Morgan fingerprint density at radius 2 is 2.50 bits per heavy atom. The van der Waals surface area contributed by atoms with E-state index in [1.165, 1.54) is 0 Å². The maximum Gasteiger partial charge on any atom is 0.227 e. The quantitative estimate of drug-likeness (QED) is 0.918. The normalized spacial score (nSPS) is 20.0. The molecule has 0 aromatic carbocycles. The third-order valence-corrected chi connectivity index (χ3v) is 3.23. The van der Waals surface area contributed by atoms with Gasteiger partial charge in [-0.25, -0.2) is 0 Å². The molecule has 1 unspecified atom stereocenters. The summed E-state index contributed by atoms with van der Waals surface area (Å²) in [6.07, 6.45) is 0.936. The lowest BCUT2D eigenvalue weighted by atomic mass is 10.1. The van der Waals surface area contributed by atoms with Gasteiger partial charge in [-0.05, 0) is 41.0 Å². The SMILES string of the molecule is CN(Cc1ccc(Br)o1)C(=O)C1CCNC1. The second kappa shape index (κ2) is 5.01. The van der Waals surface area contributed by atoms with Crippen LogP contribution in [0, 0.1) is 5.92 Å². The van der Waals surface area contributed by atoms with Crippen LogP contribution in [0.25, 0.3) is 0 Å². The monoisotopic (exact) mass is 286 g/mol. The first kappa shape index (κ1) is 11.7. The fourth-order valence-corrected chi connectivity index (χ4v) is 2.27. The van der Waals surface area contributed by atoms with Gasteiger partial charge in [0.15, 0.2) is 4.67 Å². The van der Waals surface area contributed by atoms with E-state index in [9.17, 15) is 4.79 Å². The van der Waals surface area contributed by atoms with Crippen molar-refractivity contribution in [2.45, 2.75) is 13.0 Å². The highest BCUT2D eigenvalue weighted by atomic mass is 79.9. The zero-order valence-electron chi connectivity index (χ0n) is 9.20. The fraction of sp³-hybridized carbons (Fsp3) is 0.545. The first-order chi connectivity index (χ1) is 7.66. The van der Waals surface area contributed by atoms with Crippen molar-refractivity contribution in [1.82, 2.24) is 10.2 Å². The van der Waals surface area contributed by atoms with E-state index in [4.69, 9.17) is 4.42 Å². The third kappa shape index (κ3) is 2.65. The zero-order chi connectivity index (χ0) is 11.5. The molecular formula is C11H15BrN2O2. The van der Waals surface area contributed by atoms with Crippen LogP contribution in [-0.2, 0) is 11.3 Å². The van der Waals surface area contributed by atoms with Crippen LogP contribution < -0.4 is 5.32 Å². The zero-order valence-corrected chi connectivity index (χ0v) is 10.8. The molecule has 1 N–H and O–H groups in total. The van der Waals surface area contributed by atoms with Crippen LogP contribution in [0.5, 0.6) is 0 Å². The molecule has 1 fully saturated rings. The van der Waals surface area contributed by atoms with Crippen molar-refractivity contribution in [2.24, 2.45) is 5.92 Å². The van der Waals surface area contributed by atoms with Crippen LogP contribution in [0.15, 0.2) is 21.2 Å². The van der Waals surface area contributed by atoms with Crippen LogP contribution in [-0.4, -0.2) is 30.9 Å². The van der Waals surface area contributed by atoms with Gasteiger partial charge in [0.05, 0.1) is 12.5 Å². The van der Waals surface area contributed by atoms with Crippen molar-refractivity contribution < 1.29 is 9.21 Å². The Kier molecular flexibility index (Phi) is 3.66. The predicted molar refractivity (Wildman–Crippen MR) is 63.9 cm³/mol. The van der Waals surface area contributed by atoms with Gasteiger partial charge in [0.2, 0.25) is 5.91 Å². The van der Waals surface area contributed by atoms with E-state index in [1.807, 2.05) is 19.2 Å². The van der Waals surface area contributed by atoms with Gasteiger partial charge in [0, 0.05) is 13.6 Å². The first-order valence-corrected chi connectivity index (χ1v) is 6.16. The molecule has 5 heteroatoms. The second-order valence-electron chi connectivity index (χ2n) is 4.09. The summed E-state index contributed by atoms with van der Waals surface area (Å²) in [5.74, 6) is 1.12. The van der Waals surface area contributed by atoms with E-state index < -0.39 is 0 Å². The Labute approximate surface area is 103 Å². The molecule has 1 aliphatic rings. The molecule has 1 aromatic rings. The minimum Gasteiger partial charge on any atom is -0.452 e. The molecule has 88 valence electrons. The number of nitrogens with zero attached hydrogens (tertiary/aromatic N) is 1. The van der Waals surface area contributed by atoms with E-state index in [0.717, 1.165) is 25.3 Å². The molecule has 0 spiro atoms. The van der Waals surface area contributed by atoms with Gasteiger partial charge >= 0.3 is 0 Å². The molecule has 0 saturated carbocycles. The molecule has 0 aliphatic carbocycles. The summed E-state index contributed by atoms with van der Waals surface area (Å²) in [5.41, 5.74) is 0. The summed E-state index contributed by atoms with van der Waals surface area (Å²) in [7, 11) is 1.82. The van der Waals surface area contributed by atoms with Crippen LogP contribution in [0.4, 0.5) is 0 Å². The van der Waals surface area contributed by atoms with Gasteiger partial charge in [0.1, 0.15) is 5.76 Å². The highest BCUT2D eigenvalue weighted by molar-refractivity contribution is 9.10. The topological polar surface area (TPSA) is 45.5 Å². The third-order valence-electron chi connectivity index (χ3n) is 2.81. The summed E-state index contributed by atoms with van der Waals surface area (Å²) in [5, 5.41) is 3.20. The second-order valence-corrected chi connectivity index (χ2v) is 4.87. The van der Waals surface area contributed by atoms with Crippen molar-refractivity contribution in [3.63, 3.8) is 0 Å². The Balaban J connectivity index is 1.91. The minimum atomic E-state index is 0.128. The van der Waals surface area contributed by atoms with Crippen LogP contribution in [0.2, 0.25) is 0 Å². The van der Waals surface area contributed by atoms with Crippen molar-refractivity contribution in [2.75, 3.05) is 20.1 Å². The van der Waals surface area contributed by atoms with E-state index in [0.29, 0.717) is 11.2 Å². The van der Waals surface area contributed by atoms with E-state index in [-0.39, 0.29) is 11.8 Å². The maximum atomic E-state index is 12.0. The number of rotatable bonds is 3. The summed E-state index contributed by atoms with van der Waals surface area (Å²) in [4.78, 5) is 13.7. The molecule has 2 rings (SSSR count). The first-order valence-electron chi connectivity index (χ1n) is 5.36. The lowest BCUT2D eigenvalue weighted by molar-refractivity contribution is -0.134. The molecule has 1 amide bonds. The number of amides is 1. The Hall–Kier alpha value is -0.810. The lowest BCUT2D eigenvalue weighted by Gasteiger charge is -2.19. The molecule has 1 atom stereocenters.